The highest BCUT2D eigenvalue weighted by molar-refractivity contribution is 5.88. The highest BCUT2D eigenvalue weighted by atomic mass is 16.2. The molecule has 1 saturated carbocycles. The Hall–Kier alpha value is -2.05. The summed E-state index contributed by atoms with van der Waals surface area (Å²) in [6, 6.07) is 1.72. The second kappa shape index (κ2) is 6.15. The zero-order chi connectivity index (χ0) is 14.7. The fraction of sp³-hybridized carbons (Fsp3) is 0.643. The summed E-state index contributed by atoms with van der Waals surface area (Å²) in [5, 5.41) is 9.93. The number of aromatic nitrogens is 2. The summed E-state index contributed by atoms with van der Waals surface area (Å²) in [6.07, 6.45) is 7.33. The van der Waals surface area contributed by atoms with Gasteiger partial charge in [-0.05, 0) is 31.7 Å². The van der Waals surface area contributed by atoms with Gasteiger partial charge in [0.05, 0.1) is 6.54 Å². The largest absolute Gasteiger partial charge is 0.352 e. The summed E-state index contributed by atoms with van der Waals surface area (Å²) < 4.78 is 1.77. The summed E-state index contributed by atoms with van der Waals surface area (Å²) in [5.74, 6) is -0.00257. The Kier molecular flexibility index (Phi) is 4.08. The lowest BCUT2D eigenvalue weighted by Crippen LogP contribution is -2.50. The maximum absolute atomic E-state index is 12.2. The molecule has 1 aliphatic carbocycles. The highest BCUT2D eigenvalue weighted by Gasteiger charge is 2.36. The van der Waals surface area contributed by atoms with Crippen molar-refractivity contribution in [3.8, 4) is 0 Å². The molecule has 2 aliphatic rings. The molecule has 1 aromatic heterocycles. The minimum Gasteiger partial charge on any atom is -0.352 e. The van der Waals surface area contributed by atoms with Crippen LogP contribution in [0, 0.1) is 0 Å². The van der Waals surface area contributed by atoms with Crippen LogP contribution < -0.4 is 10.6 Å². The molecule has 1 atom stereocenters. The van der Waals surface area contributed by atoms with Crippen LogP contribution in [0.3, 0.4) is 0 Å². The quantitative estimate of drug-likeness (QED) is 0.821. The molecule has 1 aliphatic heterocycles. The van der Waals surface area contributed by atoms with Crippen molar-refractivity contribution in [1.29, 1.82) is 0 Å². The van der Waals surface area contributed by atoms with Crippen molar-refractivity contribution in [2.75, 3.05) is 13.1 Å². The van der Waals surface area contributed by atoms with E-state index >= 15 is 0 Å². The zero-order valence-corrected chi connectivity index (χ0v) is 12.0. The van der Waals surface area contributed by atoms with Crippen LogP contribution >= 0.6 is 0 Å². The fourth-order valence-electron chi connectivity index (χ4n) is 2.62. The van der Waals surface area contributed by atoms with E-state index in [1.165, 1.54) is 0 Å². The van der Waals surface area contributed by atoms with E-state index in [9.17, 15) is 9.59 Å². The number of nitrogens with one attached hydrogen (secondary N) is 2. The Balaban J connectivity index is 1.46. The molecule has 0 aromatic carbocycles. The van der Waals surface area contributed by atoms with Crippen LogP contribution in [0.2, 0.25) is 0 Å². The van der Waals surface area contributed by atoms with Crippen molar-refractivity contribution in [3.63, 3.8) is 0 Å². The first-order chi connectivity index (χ1) is 10.2. The molecule has 1 aromatic rings. The molecule has 7 nitrogen and oxygen atoms in total. The third kappa shape index (κ3) is 3.53. The molecule has 2 fully saturated rings. The number of amides is 3. The number of rotatable bonds is 5. The van der Waals surface area contributed by atoms with Gasteiger partial charge in [-0.1, -0.05) is 0 Å². The second-order valence-electron chi connectivity index (χ2n) is 5.64. The Bertz CT molecular complexity index is 497. The third-order valence-corrected chi connectivity index (χ3v) is 3.92. The highest BCUT2D eigenvalue weighted by Crippen LogP contribution is 2.22. The lowest BCUT2D eigenvalue weighted by atomic mass is 10.2. The number of hydrogen-bond donors (Lipinski definition) is 2. The molecule has 3 rings (SSSR count). The number of urea groups is 1. The van der Waals surface area contributed by atoms with Crippen LogP contribution in [0.4, 0.5) is 4.79 Å². The molecule has 3 amide bonds. The topological polar surface area (TPSA) is 79.3 Å². The molecule has 0 radical (unpaired) electrons. The standard InChI is InChI=1S/C14H21N5O2/c20-13(17-11-4-5-11)12-3-1-9-19(12)14(21)15-7-10-18-8-2-6-16-18/h2,6,8,11-12H,1,3-5,7,9-10H2,(H,15,21)(H,17,20). The van der Waals surface area contributed by atoms with Crippen LogP contribution in [0.25, 0.3) is 0 Å². The molecule has 21 heavy (non-hydrogen) atoms. The van der Waals surface area contributed by atoms with Crippen molar-refractivity contribution in [2.45, 2.75) is 44.3 Å². The van der Waals surface area contributed by atoms with E-state index in [1.54, 1.807) is 15.8 Å². The van der Waals surface area contributed by atoms with Gasteiger partial charge in [0, 0.05) is 31.5 Å². The van der Waals surface area contributed by atoms with Gasteiger partial charge >= 0.3 is 6.03 Å². The summed E-state index contributed by atoms with van der Waals surface area (Å²) >= 11 is 0. The molecule has 0 bridgehead atoms. The smallest absolute Gasteiger partial charge is 0.318 e. The molecular weight excluding hydrogens is 270 g/mol. The first kappa shape index (κ1) is 13.9. The van der Waals surface area contributed by atoms with Crippen molar-refractivity contribution in [1.82, 2.24) is 25.3 Å². The summed E-state index contributed by atoms with van der Waals surface area (Å²) in [5.41, 5.74) is 0. The molecule has 7 heteroatoms. The van der Waals surface area contributed by atoms with Crippen molar-refractivity contribution >= 4 is 11.9 Å². The van der Waals surface area contributed by atoms with Crippen LogP contribution in [-0.2, 0) is 11.3 Å². The van der Waals surface area contributed by atoms with Gasteiger partial charge in [0.1, 0.15) is 6.04 Å². The van der Waals surface area contributed by atoms with E-state index < -0.39 is 0 Å². The van der Waals surface area contributed by atoms with E-state index in [4.69, 9.17) is 0 Å². The summed E-state index contributed by atoms with van der Waals surface area (Å²) in [7, 11) is 0. The minimum absolute atomic E-state index is 0.00257. The molecule has 1 saturated heterocycles. The van der Waals surface area contributed by atoms with Gasteiger partial charge in [-0.25, -0.2) is 4.79 Å². The molecule has 0 spiro atoms. The van der Waals surface area contributed by atoms with Gasteiger partial charge in [0.2, 0.25) is 5.91 Å². The van der Waals surface area contributed by atoms with E-state index in [-0.39, 0.29) is 18.0 Å². The number of carbonyl (C=O) groups excluding carboxylic acids is 2. The lowest BCUT2D eigenvalue weighted by molar-refractivity contribution is -0.124. The van der Waals surface area contributed by atoms with Gasteiger partial charge in [-0.3, -0.25) is 9.48 Å². The van der Waals surface area contributed by atoms with Crippen LogP contribution in [-0.4, -0.2) is 51.8 Å². The number of likely N-dealkylation sites (tertiary alicyclic amines) is 1. The Labute approximate surface area is 123 Å². The number of nitrogens with zero attached hydrogens (tertiary/aromatic N) is 3. The lowest BCUT2D eigenvalue weighted by Gasteiger charge is -2.24. The van der Waals surface area contributed by atoms with Gasteiger partial charge < -0.3 is 15.5 Å². The monoisotopic (exact) mass is 291 g/mol. The van der Waals surface area contributed by atoms with E-state index in [2.05, 4.69) is 15.7 Å². The molecule has 2 N–H and O–H groups in total. The first-order valence-corrected chi connectivity index (χ1v) is 7.56. The molecule has 114 valence electrons. The molecule has 2 heterocycles. The SMILES string of the molecule is O=C(NC1CC1)C1CCCN1C(=O)NCCn1cccn1. The predicted octanol–water partition coefficient (Wildman–Crippen LogP) is 0.336. The zero-order valence-electron chi connectivity index (χ0n) is 12.0. The summed E-state index contributed by atoms with van der Waals surface area (Å²) in [6.45, 7) is 1.79. The predicted molar refractivity (Wildman–Crippen MR) is 76.5 cm³/mol. The molecule has 1 unspecified atom stereocenters. The van der Waals surface area contributed by atoms with E-state index in [1.807, 2.05) is 12.3 Å². The molecular formula is C14H21N5O2. The minimum atomic E-state index is -0.310. The first-order valence-electron chi connectivity index (χ1n) is 7.56. The van der Waals surface area contributed by atoms with Crippen molar-refractivity contribution in [2.24, 2.45) is 0 Å². The Morgan fingerprint density at radius 3 is 2.86 bits per heavy atom. The van der Waals surface area contributed by atoms with E-state index in [0.717, 1.165) is 25.7 Å². The van der Waals surface area contributed by atoms with Crippen molar-refractivity contribution < 1.29 is 9.59 Å². The maximum atomic E-state index is 12.2. The number of hydrogen-bond acceptors (Lipinski definition) is 3. The van der Waals surface area contributed by atoms with Crippen molar-refractivity contribution in [3.05, 3.63) is 18.5 Å². The maximum Gasteiger partial charge on any atom is 0.318 e. The van der Waals surface area contributed by atoms with Crippen LogP contribution in [0.5, 0.6) is 0 Å². The van der Waals surface area contributed by atoms with Crippen LogP contribution in [0.15, 0.2) is 18.5 Å². The van der Waals surface area contributed by atoms with Gasteiger partial charge in [-0.15, -0.1) is 0 Å². The Morgan fingerprint density at radius 1 is 1.29 bits per heavy atom. The normalized spacial score (nSPS) is 21.3. The van der Waals surface area contributed by atoms with Gasteiger partial charge in [-0.2, -0.15) is 5.10 Å². The number of carbonyl (C=O) groups is 2. The average molecular weight is 291 g/mol. The fourth-order valence-corrected chi connectivity index (χ4v) is 2.62. The second-order valence-corrected chi connectivity index (χ2v) is 5.64. The third-order valence-electron chi connectivity index (χ3n) is 3.92. The van der Waals surface area contributed by atoms with Crippen LogP contribution in [0.1, 0.15) is 25.7 Å². The average Bonchev–Trinajstić information content (AvgIpc) is 2.97. The summed E-state index contributed by atoms with van der Waals surface area (Å²) in [4.78, 5) is 26.0. The van der Waals surface area contributed by atoms with Gasteiger partial charge in [0.15, 0.2) is 0 Å². The van der Waals surface area contributed by atoms with Gasteiger partial charge in [0.25, 0.3) is 0 Å². The van der Waals surface area contributed by atoms with E-state index in [0.29, 0.717) is 25.7 Å². The Morgan fingerprint density at radius 2 is 2.14 bits per heavy atom.